The van der Waals surface area contributed by atoms with Crippen molar-refractivity contribution in [2.75, 3.05) is 13.2 Å². The van der Waals surface area contributed by atoms with Crippen molar-refractivity contribution in [1.82, 2.24) is 5.32 Å². The molecule has 0 aromatic carbocycles. The Balaban J connectivity index is 3.46. The van der Waals surface area contributed by atoms with E-state index in [1.165, 1.54) is 225 Å². The van der Waals surface area contributed by atoms with E-state index in [0.717, 1.165) is 57.8 Å². The molecule has 0 spiro atoms. The first-order valence-corrected chi connectivity index (χ1v) is 28.4. The number of hydrogen-bond acceptors (Lipinski definition) is 5. The third-order valence-corrected chi connectivity index (χ3v) is 13.3. The van der Waals surface area contributed by atoms with Crippen molar-refractivity contribution in [3.63, 3.8) is 0 Å². The van der Waals surface area contributed by atoms with Crippen LogP contribution in [0.25, 0.3) is 0 Å². The molecule has 3 N–H and O–H groups in total. The highest BCUT2D eigenvalue weighted by molar-refractivity contribution is 5.76. The number of hydrogen-bond donors (Lipinski definition) is 3. The smallest absolute Gasteiger partial charge is 0.305 e. The second kappa shape index (κ2) is 53.2. The highest BCUT2D eigenvalue weighted by Crippen LogP contribution is 2.18. The van der Waals surface area contributed by atoms with Crippen molar-refractivity contribution in [3.8, 4) is 0 Å². The summed E-state index contributed by atoms with van der Waals surface area (Å²) in [5.41, 5.74) is 0. The lowest BCUT2D eigenvalue weighted by atomic mass is 10.0. The van der Waals surface area contributed by atoms with Gasteiger partial charge < -0.3 is 20.3 Å². The molecule has 63 heavy (non-hydrogen) atoms. The molecular formula is C57H111NO5. The van der Waals surface area contributed by atoms with Gasteiger partial charge in [-0.05, 0) is 44.9 Å². The molecule has 2 unspecified atom stereocenters. The number of rotatable bonds is 53. The van der Waals surface area contributed by atoms with Crippen LogP contribution in [0.3, 0.4) is 0 Å². The number of ether oxygens (including phenoxy) is 1. The molecule has 6 heteroatoms. The Morgan fingerprint density at radius 2 is 0.762 bits per heavy atom. The summed E-state index contributed by atoms with van der Waals surface area (Å²) in [7, 11) is 0. The Hall–Kier alpha value is -1.40. The van der Waals surface area contributed by atoms with Gasteiger partial charge in [-0.1, -0.05) is 270 Å². The number of aliphatic hydroxyl groups is 2. The van der Waals surface area contributed by atoms with Crippen molar-refractivity contribution in [3.05, 3.63) is 12.2 Å². The Labute approximate surface area is 393 Å². The number of carbonyl (C=O) groups is 2. The Bertz CT molecular complexity index is 939. The van der Waals surface area contributed by atoms with Crippen LogP contribution in [0.15, 0.2) is 12.2 Å². The summed E-state index contributed by atoms with van der Waals surface area (Å²) in [4.78, 5) is 24.5. The van der Waals surface area contributed by atoms with Crippen molar-refractivity contribution in [2.45, 2.75) is 328 Å². The van der Waals surface area contributed by atoms with E-state index >= 15 is 0 Å². The minimum atomic E-state index is -0.680. The van der Waals surface area contributed by atoms with Crippen LogP contribution >= 0.6 is 0 Å². The maximum atomic E-state index is 12.5. The van der Waals surface area contributed by atoms with Gasteiger partial charge >= 0.3 is 5.97 Å². The van der Waals surface area contributed by atoms with Gasteiger partial charge in [-0.15, -0.1) is 0 Å². The lowest BCUT2D eigenvalue weighted by Gasteiger charge is -2.22. The van der Waals surface area contributed by atoms with E-state index in [2.05, 4.69) is 31.3 Å². The minimum absolute atomic E-state index is 0.0287. The monoisotopic (exact) mass is 890 g/mol. The zero-order valence-corrected chi connectivity index (χ0v) is 42.6. The Morgan fingerprint density at radius 1 is 0.429 bits per heavy atom. The third kappa shape index (κ3) is 49.9. The highest BCUT2D eigenvalue weighted by Gasteiger charge is 2.20. The average Bonchev–Trinajstić information content (AvgIpc) is 3.28. The van der Waals surface area contributed by atoms with Gasteiger partial charge in [0.2, 0.25) is 5.91 Å². The molecule has 374 valence electrons. The third-order valence-electron chi connectivity index (χ3n) is 13.3. The lowest BCUT2D eigenvalue weighted by molar-refractivity contribution is -0.143. The molecule has 0 saturated heterocycles. The van der Waals surface area contributed by atoms with Crippen LogP contribution in [0.5, 0.6) is 0 Å². The summed E-state index contributed by atoms with van der Waals surface area (Å²) in [6, 6.07) is -0.559. The molecule has 0 rings (SSSR count). The molecule has 0 saturated carbocycles. The summed E-state index contributed by atoms with van der Waals surface area (Å²) in [5.74, 6) is -0.0836. The molecular weight excluding hydrogens is 779 g/mol. The summed E-state index contributed by atoms with van der Waals surface area (Å²) in [6.45, 7) is 4.88. The molecule has 0 bridgehead atoms. The standard InChI is InChI=1S/C57H111NO5/c1-3-5-7-9-11-13-15-16-17-18-19-20-21-22-23-24-25-26-27-28-30-33-37-41-45-49-55(60)54(53-59)58-56(61)50-46-42-38-34-31-32-36-40-44-48-52-63-57(62)51-47-43-39-35-29-14-12-10-8-6-4-2/h10,12,54-55,59-60H,3-9,11,13-53H2,1-2H3,(H,58,61)/b12-10-. The first kappa shape index (κ1) is 61.6. The first-order valence-electron chi connectivity index (χ1n) is 28.4. The fourth-order valence-corrected chi connectivity index (χ4v) is 8.92. The van der Waals surface area contributed by atoms with Crippen LogP contribution in [0.2, 0.25) is 0 Å². The van der Waals surface area contributed by atoms with E-state index in [4.69, 9.17) is 4.74 Å². The molecule has 6 nitrogen and oxygen atoms in total. The molecule has 0 aromatic rings. The summed E-state index contributed by atoms with van der Waals surface area (Å²) in [5, 5.41) is 23.3. The van der Waals surface area contributed by atoms with Crippen LogP contribution in [0, 0.1) is 0 Å². The van der Waals surface area contributed by atoms with Gasteiger partial charge in [-0.3, -0.25) is 9.59 Å². The van der Waals surface area contributed by atoms with E-state index in [1.807, 2.05) is 0 Å². The van der Waals surface area contributed by atoms with E-state index in [9.17, 15) is 19.8 Å². The molecule has 0 aliphatic carbocycles. The first-order chi connectivity index (χ1) is 31.0. The number of unbranched alkanes of at least 4 members (excludes halogenated alkanes) is 40. The molecule has 0 aromatic heterocycles. The second-order valence-electron chi connectivity index (χ2n) is 19.6. The fourth-order valence-electron chi connectivity index (χ4n) is 8.92. The van der Waals surface area contributed by atoms with Gasteiger partial charge in [0.1, 0.15) is 0 Å². The molecule has 0 aliphatic rings. The largest absolute Gasteiger partial charge is 0.466 e. The van der Waals surface area contributed by atoms with Crippen molar-refractivity contribution in [2.24, 2.45) is 0 Å². The van der Waals surface area contributed by atoms with Gasteiger partial charge in [-0.25, -0.2) is 0 Å². The highest BCUT2D eigenvalue weighted by atomic mass is 16.5. The van der Waals surface area contributed by atoms with Gasteiger partial charge in [0, 0.05) is 12.8 Å². The van der Waals surface area contributed by atoms with Crippen LogP contribution in [-0.4, -0.2) is 47.4 Å². The predicted octanol–water partition coefficient (Wildman–Crippen LogP) is 17.3. The molecule has 0 radical (unpaired) electrons. The minimum Gasteiger partial charge on any atom is -0.466 e. The van der Waals surface area contributed by atoms with Crippen molar-refractivity contribution < 1.29 is 24.5 Å². The lowest BCUT2D eigenvalue weighted by Crippen LogP contribution is -2.45. The van der Waals surface area contributed by atoms with Crippen molar-refractivity contribution >= 4 is 11.9 Å². The van der Waals surface area contributed by atoms with Crippen LogP contribution in [0.1, 0.15) is 316 Å². The number of allylic oxidation sites excluding steroid dienone is 2. The number of amides is 1. The predicted molar refractivity (Wildman–Crippen MR) is 273 cm³/mol. The maximum Gasteiger partial charge on any atom is 0.305 e. The zero-order chi connectivity index (χ0) is 45.8. The van der Waals surface area contributed by atoms with E-state index < -0.39 is 12.1 Å². The normalized spacial score (nSPS) is 12.6. The quantitative estimate of drug-likeness (QED) is 0.0321. The molecule has 1 amide bonds. The Morgan fingerprint density at radius 3 is 1.17 bits per heavy atom. The fraction of sp³-hybridized carbons (Fsp3) is 0.930. The van der Waals surface area contributed by atoms with E-state index in [1.54, 1.807) is 0 Å². The topological polar surface area (TPSA) is 95.9 Å². The van der Waals surface area contributed by atoms with Gasteiger partial charge in [-0.2, -0.15) is 0 Å². The number of esters is 1. The van der Waals surface area contributed by atoms with Gasteiger partial charge in [0.25, 0.3) is 0 Å². The Kier molecular flexibility index (Phi) is 52.0. The van der Waals surface area contributed by atoms with Gasteiger partial charge in [0.05, 0.1) is 25.4 Å². The summed E-state index contributed by atoms with van der Waals surface area (Å²) >= 11 is 0. The van der Waals surface area contributed by atoms with E-state index in [-0.39, 0.29) is 18.5 Å². The second-order valence-corrected chi connectivity index (χ2v) is 19.6. The number of carbonyl (C=O) groups excluding carboxylic acids is 2. The van der Waals surface area contributed by atoms with Crippen LogP contribution in [-0.2, 0) is 14.3 Å². The maximum absolute atomic E-state index is 12.5. The average molecular weight is 891 g/mol. The van der Waals surface area contributed by atoms with Crippen LogP contribution in [0.4, 0.5) is 0 Å². The van der Waals surface area contributed by atoms with E-state index in [0.29, 0.717) is 25.9 Å². The molecule has 2 atom stereocenters. The zero-order valence-electron chi connectivity index (χ0n) is 42.6. The number of nitrogens with one attached hydrogen (secondary N) is 1. The summed E-state index contributed by atoms with van der Waals surface area (Å²) in [6.07, 6.45) is 62.0. The summed E-state index contributed by atoms with van der Waals surface area (Å²) < 4.78 is 5.44. The molecule has 0 fully saturated rings. The SMILES string of the molecule is CCCC/C=C\CCCCCCCC(=O)OCCCCCCCCCCCCC(=O)NC(CO)C(O)CCCCCCCCCCCCCCCCCCCCCCCCCCC. The van der Waals surface area contributed by atoms with Crippen LogP contribution < -0.4 is 5.32 Å². The van der Waals surface area contributed by atoms with Gasteiger partial charge in [0.15, 0.2) is 0 Å². The number of aliphatic hydroxyl groups excluding tert-OH is 2. The molecule has 0 aliphatic heterocycles. The molecule has 0 heterocycles. The van der Waals surface area contributed by atoms with Crippen molar-refractivity contribution in [1.29, 1.82) is 0 Å².